The van der Waals surface area contributed by atoms with E-state index in [0.717, 1.165) is 23.6 Å². The highest BCUT2D eigenvalue weighted by Crippen LogP contribution is 2.21. The second-order valence-electron chi connectivity index (χ2n) is 5.40. The van der Waals surface area contributed by atoms with E-state index in [1.165, 1.54) is 0 Å². The van der Waals surface area contributed by atoms with Crippen molar-refractivity contribution in [2.45, 2.75) is 39.2 Å². The summed E-state index contributed by atoms with van der Waals surface area (Å²) in [4.78, 5) is 12.5. The quantitative estimate of drug-likeness (QED) is 0.843. The van der Waals surface area contributed by atoms with Crippen molar-refractivity contribution in [2.24, 2.45) is 0 Å². The molecular formula is C15H20N2O. The van der Waals surface area contributed by atoms with E-state index in [9.17, 15) is 4.79 Å². The van der Waals surface area contributed by atoms with E-state index in [2.05, 4.69) is 20.8 Å². The molecule has 0 aliphatic heterocycles. The number of nitrogen functional groups attached to an aromatic ring is 1. The summed E-state index contributed by atoms with van der Waals surface area (Å²) in [5, 5.41) is 1.64. The van der Waals surface area contributed by atoms with Gasteiger partial charge in [0.2, 0.25) is 0 Å². The molecule has 2 aromatic rings. The number of hydrogen-bond acceptors (Lipinski definition) is 2. The largest absolute Gasteiger partial charge is 0.399 e. The van der Waals surface area contributed by atoms with Crippen LogP contribution in [0.3, 0.4) is 0 Å². The number of anilines is 1. The van der Waals surface area contributed by atoms with Crippen LogP contribution in [0.1, 0.15) is 33.6 Å². The third-order valence-corrected chi connectivity index (χ3v) is 3.44. The molecule has 2 N–H and O–H groups in total. The minimum absolute atomic E-state index is 0.0611. The number of nitrogens with two attached hydrogens (primary N) is 1. The molecule has 1 aromatic carbocycles. The molecule has 0 spiro atoms. The van der Waals surface area contributed by atoms with Gasteiger partial charge >= 0.3 is 0 Å². The van der Waals surface area contributed by atoms with Crippen LogP contribution in [0.15, 0.2) is 35.3 Å². The summed E-state index contributed by atoms with van der Waals surface area (Å²) in [7, 11) is 0. The number of benzene rings is 1. The minimum Gasteiger partial charge on any atom is -0.399 e. The summed E-state index contributed by atoms with van der Waals surface area (Å²) in [5.41, 5.74) is 6.33. The fraction of sp³-hybridized carbons (Fsp3) is 0.400. The maximum Gasteiger partial charge on any atom is 0.258 e. The predicted octanol–water partition coefficient (Wildman–Crippen LogP) is 3.12. The SMILES string of the molecule is CCCC(C)(C)n1ccc2cc(N)ccc2c1=O. The normalized spacial score (nSPS) is 11.9. The number of rotatable bonds is 3. The molecule has 3 nitrogen and oxygen atoms in total. The number of nitrogens with zero attached hydrogens (tertiary/aromatic N) is 1. The lowest BCUT2D eigenvalue weighted by Gasteiger charge is -2.27. The first-order valence-corrected chi connectivity index (χ1v) is 6.37. The van der Waals surface area contributed by atoms with Gasteiger partial charge in [-0.2, -0.15) is 0 Å². The first-order chi connectivity index (χ1) is 8.45. The molecule has 0 aliphatic rings. The van der Waals surface area contributed by atoms with Crippen molar-refractivity contribution in [3.05, 3.63) is 40.8 Å². The third kappa shape index (κ3) is 2.13. The summed E-state index contributed by atoms with van der Waals surface area (Å²) >= 11 is 0. The molecule has 3 heteroatoms. The highest BCUT2D eigenvalue weighted by molar-refractivity contribution is 5.84. The zero-order valence-electron chi connectivity index (χ0n) is 11.2. The van der Waals surface area contributed by atoms with Crippen molar-refractivity contribution in [3.63, 3.8) is 0 Å². The summed E-state index contributed by atoms with van der Waals surface area (Å²) in [6.07, 6.45) is 3.91. The molecule has 0 bridgehead atoms. The fourth-order valence-electron chi connectivity index (χ4n) is 2.48. The van der Waals surface area contributed by atoms with Crippen molar-refractivity contribution in [1.82, 2.24) is 4.57 Å². The Hall–Kier alpha value is -1.77. The lowest BCUT2D eigenvalue weighted by molar-refractivity contribution is 0.316. The zero-order valence-corrected chi connectivity index (χ0v) is 11.2. The van der Waals surface area contributed by atoms with Crippen LogP contribution in [-0.4, -0.2) is 4.57 Å². The monoisotopic (exact) mass is 244 g/mol. The first kappa shape index (κ1) is 12.7. The van der Waals surface area contributed by atoms with Crippen LogP contribution in [-0.2, 0) is 5.54 Å². The Bertz CT molecular complexity index is 626. The second-order valence-corrected chi connectivity index (χ2v) is 5.40. The Morgan fingerprint density at radius 1 is 1.28 bits per heavy atom. The molecule has 0 saturated carbocycles. The van der Waals surface area contributed by atoms with Gasteiger partial charge in [-0.1, -0.05) is 13.3 Å². The average Bonchev–Trinajstić information content (AvgIpc) is 2.28. The second kappa shape index (κ2) is 4.48. The molecule has 2 rings (SSSR count). The van der Waals surface area contributed by atoms with E-state index in [0.29, 0.717) is 5.69 Å². The minimum atomic E-state index is -0.151. The van der Waals surface area contributed by atoms with Crippen LogP contribution in [0.25, 0.3) is 10.8 Å². The van der Waals surface area contributed by atoms with E-state index in [1.54, 1.807) is 6.07 Å². The number of aromatic nitrogens is 1. The molecule has 1 heterocycles. The lowest BCUT2D eigenvalue weighted by atomic mass is 9.98. The van der Waals surface area contributed by atoms with E-state index in [1.807, 2.05) is 29.0 Å². The summed E-state index contributed by atoms with van der Waals surface area (Å²) in [6, 6.07) is 7.39. The molecule has 0 amide bonds. The van der Waals surface area contributed by atoms with Gasteiger partial charge in [0.1, 0.15) is 0 Å². The van der Waals surface area contributed by atoms with Gasteiger partial charge in [-0.25, -0.2) is 0 Å². The highest BCUT2D eigenvalue weighted by Gasteiger charge is 2.20. The molecule has 96 valence electrons. The maximum absolute atomic E-state index is 12.5. The van der Waals surface area contributed by atoms with Gasteiger partial charge in [-0.3, -0.25) is 4.79 Å². The van der Waals surface area contributed by atoms with Crippen LogP contribution in [0, 0.1) is 0 Å². The van der Waals surface area contributed by atoms with Gasteiger partial charge in [-0.15, -0.1) is 0 Å². The first-order valence-electron chi connectivity index (χ1n) is 6.37. The smallest absolute Gasteiger partial charge is 0.258 e. The summed E-state index contributed by atoms with van der Waals surface area (Å²) < 4.78 is 1.83. The molecule has 18 heavy (non-hydrogen) atoms. The predicted molar refractivity (Wildman–Crippen MR) is 76.9 cm³/mol. The molecule has 0 fully saturated rings. The molecular weight excluding hydrogens is 224 g/mol. The molecule has 0 unspecified atom stereocenters. The van der Waals surface area contributed by atoms with Gasteiger partial charge < -0.3 is 10.3 Å². The molecule has 0 aliphatic carbocycles. The van der Waals surface area contributed by atoms with Gasteiger partial charge in [0.25, 0.3) is 5.56 Å². The summed E-state index contributed by atoms with van der Waals surface area (Å²) in [6.45, 7) is 6.33. The Morgan fingerprint density at radius 2 is 2.00 bits per heavy atom. The Morgan fingerprint density at radius 3 is 2.67 bits per heavy atom. The Labute approximate surface area is 107 Å². The van der Waals surface area contributed by atoms with E-state index in [-0.39, 0.29) is 11.1 Å². The zero-order chi connectivity index (χ0) is 13.3. The molecule has 0 saturated heterocycles. The van der Waals surface area contributed by atoms with Gasteiger partial charge in [0, 0.05) is 22.8 Å². The maximum atomic E-state index is 12.5. The van der Waals surface area contributed by atoms with Gasteiger partial charge in [0.15, 0.2) is 0 Å². The topological polar surface area (TPSA) is 48.0 Å². The Kier molecular flexibility index (Phi) is 3.16. The average molecular weight is 244 g/mol. The number of fused-ring (bicyclic) bond motifs is 1. The van der Waals surface area contributed by atoms with Crippen molar-refractivity contribution in [3.8, 4) is 0 Å². The number of pyridine rings is 1. The standard InChI is InChI=1S/C15H20N2O/c1-4-8-15(2,3)17-9-7-11-10-12(16)5-6-13(11)14(17)18/h5-7,9-10H,4,8,16H2,1-3H3. The van der Waals surface area contributed by atoms with Crippen molar-refractivity contribution in [2.75, 3.05) is 5.73 Å². The van der Waals surface area contributed by atoms with E-state index >= 15 is 0 Å². The Balaban J connectivity index is 2.65. The van der Waals surface area contributed by atoms with Gasteiger partial charge in [0.05, 0.1) is 0 Å². The molecule has 1 aromatic heterocycles. The van der Waals surface area contributed by atoms with Crippen LogP contribution in [0.4, 0.5) is 5.69 Å². The highest BCUT2D eigenvalue weighted by atomic mass is 16.1. The molecule has 0 atom stereocenters. The summed E-state index contributed by atoms with van der Waals surface area (Å²) in [5.74, 6) is 0. The molecule has 0 radical (unpaired) electrons. The van der Waals surface area contributed by atoms with Crippen LogP contribution in [0.2, 0.25) is 0 Å². The van der Waals surface area contributed by atoms with Crippen LogP contribution >= 0.6 is 0 Å². The van der Waals surface area contributed by atoms with E-state index in [4.69, 9.17) is 5.73 Å². The van der Waals surface area contributed by atoms with Crippen LogP contribution < -0.4 is 11.3 Å². The lowest BCUT2D eigenvalue weighted by Crippen LogP contribution is -2.35. The van der Waals surface area contributed by atoms with Crippen molar-refractivity contribution < 1.29 is 0 Å². The van der Waals surface area contributed by atoms with Crippen LogP contribution in [0.5, 0.6) is 0 Å². The third-order valence-electron chi connectivity index (χ3n) is 3.44. The fourth-order valence-corrected chi connectivity index (χ4v) is 2.48. The van der Waals surface area contributed by atoms with Gasteiger partial charge in [-0.05, 0) is 49.9 Å². The number of hydrogen-bond donors (Lipinski definition) is 1. The van der Waals surface area contributed by atoms with Crippen molar-refractivity contribution in [1.29, 1.82) is 0 Å². The van der Waals surface area contributed by atoms with Crippen molar-refractivity contribution >= 4 is 16.5 Å². The van der Waals surface area contributed by atoms with E-state index < -0.39 is 0 Å².